The van der Waals surface area contributed by atoms with Crippen LogP contribution in [0.5, 0.6) is 0 Å². The average Bonchev–Trinajstić information content (AvgIpc) is 3.51. The van der Waals surface area contributed by atoms with E-state index in [0.717, 1.165) is 0 Å². The summed E-state index contributed by atoms with van der Waals surface area (Å²) in [6.45, 7) is 15.0. The molecule has 0 spiro atoms. The van der Waals surface area contributed by atoms with Crippen LogP contribution in [0.2, 0.25) is 0 Å². The lowest BCUT2D eigenvalue weighted by Crippen LogP contribution is -2.25. The summed E-state index contributed by atoms with van der Waals surface area (Å²) in [6, 6.07) is 21.6. The smallest absolute Gasteiger partial charge is 0.133 e. The number of nitrogens with zero attached hydrogens (tertiary/aromatic N) is 4. The van der Waals surface area contributed by atoms with Crippen molar-refractivity contribution in [1.82, 2.24) is 19.6 Å². The van der Waals surface area contributed by atoms with Gasteiger partial charge in [0, 0.05) is 45.5 Å². The van der Waals surface area contributed by atoms with Crippen LogP contribution < -0.4 is 0 Å². The van der Waals surface area contributed by atoms with E-state index in [4.69, 9.17) is 10.2 Å². The summed E-state index contributed by atoms with van der Waals surface area (Å²) >= 11 is 0. The van der Waals surface area contributed by atoms with Crippen LogP contribution in [0.4, 0.5) is 0 Å². The Morgan fingerprint density at radius 1 is 0.615 bits per heavy atom. The Morgan fingerprint density at radius 3 is 1.36 bits per heavy atom. The van der Waals surface area contributed by atoms with E-state index in [0.29, 0.717) is 42.2 Å². The maximum absolute atomic E-state index is 5.42. The van der Waals surface area contributed by atoms with E-state index >= 15 is 0 Å². The van der Waals surface area contributed by atoms with Crippen LogP contribution >= 0.6 is 0 Å². The minimum absolute atomic E-state index is 0.508. The highest BCUT2D eigenvalue weighted by Gasteiger charge is 2.37. The van der Waals surface area contributed by atoms with E-state index in [1.54, 1.807) is 0 Å². The normalized spacial score (nSPS) is 22.8. The molecule has 4 atom stereocenters. The molecule has 2 aliphatic rings. The third-order valence-electron chi connectivity index (χ3n) is 9.54. The first-order chi connectivity index (χ1) is 18.8. The molecular formula is C35H44N4. The number of fused-ring (bicyclic) bond motifs is 2. The fourth-order valence-corrected chi connectivity index (χ4v) is 7.41. The molecule has 2 aliphatic carbocycles. The maximum atomic E-state index is 5.42. The first-order valence-corrected chi connectivity index (χ1v) is 15.2. The molecule has 6 rings (SSSR count). The zero-order chi connectivity index (χ0) is 27.3. The van der Waals surface area contributed by atoms with Gasteiger partial charge in [-0.25, -0.2) is 9.36 Å². The summed E-state index contributed by atoms with van der Waals surface area (Å²) in [6.07, 6.45) is 4.90. The van der Waals surface area contributed by atoms with Gasteiger partial charge < -0.3 is 0 Å². The molecule has 0 bridgehead atoms. The van der Waals surface area contributed by atoms with Crippen LogP contribution in [0.1, 0.15) is 113 Å². The first kappa shape index (κ1) is 26.1. The second-order valence-electron chi connectivity index (χ2n) is 12.8. The largest absolute Gasteiger partial charge is 0.247 e. The lowest BCUT2D eigenvalue weighted by molar-refractivity contribution is 0.348. The van der Waals surface area contributed by atoms with E-state index in [1.807, 2.05) is 0 Å². The number of rotatable bonds is 6. The molecule has 0 aliphatic heterocycles. The Morgan fingerprint density at radius 2 is 1.00 bits per heavy atom. The van der Waals surface area contributed by atoms with Crippen molar-refractivity contribution < 1.29 is 0 Å². The number of benzene rings is 2. The summed E-state index contributed by atoms with van der Waals surface area (Å²) in [5, 5.41) is 10.8. The third kappa shape index (κ3) is 4.56. The Hall–Kier alpha value is -3.14. The van der Waals surface area contributed by atoms with Crippen LogP contribution in [0.25, 0.3) is 22.5 Å². The third-order valence-corrected chi connectivity index (χ3v) is 9.54. The van der Waals surface area contributed by atoms with Crippen LogP contribution in [0, 0.1) is 11.8 Å². The van der Waals surface area contributed by atoms with Gasteiger partial charge in [0.25, 0.3) is 0 Å². The monoisotopic (exact) mass is 520 g/mol. The topological polar surface area (TPSA) is 35.6 Å². The van der Waals surface area contributed by atoms with Gasteiger partial charge in [0.15, 0.2) is 0 Å². The fraction of sp³-hybridized carbons (Fsp3) is 0.486. The van der Waals surface area contributed by atoms with E-state index in [9.17, 15) is 0 Å². The van der Waals surface area contributed by atoms with Crippen molar-refractivity contribution in [2.45, 2.75) is 97.6 Å². The Labute approximate surface area is 234 Å². The molecule has 4 nitrogen and oxygen atoms in total. The second kappa shape index (κ2) is 10.4. The summed E-state index contributed by atoms with van der Waals surface area (Å²) in [5.74, 6) is 3.19. The van der Waals surface area contributed by atoms with Crippen LogP contribution in [-0.2, 0) is 6.67 Å². The zero-order valence-corrected chi connectivity index (χ0v) is 24.6. The van der Waals surface area contributed by atoms with Crippen LogP contribution in [-0.4, -0.2) is 19.6 Å². The van der Waals surface area contributed by atoms with Crippen molar-refractivity contribution in [1.29, 1.82) is 0 Å². The molecule has 0 amide bonds. The molecule has 204 valence electrons. The molecule has 0 N–H and O–H groups in total. The predicted molar refractivity (Wildman–Crippen MR) is 161 cm³/mol. The van der Waals surface area contributed by atoms with Gasteiger partial charge in [-0.3, -0.25) is 0 Å². The lowest BCUT2D eigenvalue weighted by Gasteiger charge is -2.32. The highest BCUT2D eigenvalue weighted by atomic mass is 15.4. The van der Waals surface area contributed by atoms with Crippen LogP contribution in [0.3, 0.4) is 0 Å². The second-order valence-corrected chi connectivity index (χ2v) is 12.8. The van der Waals surface area contributed by atoms with Gasteiger partial charge >= 0.3 is 0 Å². The Bertz CT molecular complexity index is 1320. The summed E-state index contributed by atoms with van der Waals surface area (Å²) in [7, 11) is 0. The van der Waals surface area contributed by atoms with Gasteiger partial charge in [0.1, 0.15) is 6.67 Å². The van der Waals surface area contributed by atoms with E-state index in [1.165, 1.54) is 70.7 Å². The van der Waals surface area contributed by atoms with Gasteiger partial charge in [0.2, 0.25) is 0 Å². The maximum Gasteiger partial charge on any atom is 0.133 e. The molecule has 2 heterocycles. The summed E-state index contributed by atoms with van der Waals surface area (Å²) in [4.78, 5) is 0. The molecule has 0 fully saturated rings. The molecule has 4 aromatic rings. The molecule has 0 radical (unpaired) electrons. The molecule has 39 heavy (non-hydrogen) atoms. The van der Waals surface area contributed by atoms with Gasteiger partial charge in [-0.2, -0.15) is 10.2 Å². The highest BCUT2D eigenvalue weighted by Crippen LogP contribution is 2.48. The molecule has 4 heteroatoms. The van der Waals surface area contributed by atoms with E-state index < -0.39 is 0 Å². The van der Waals surface area contributed by atoms with Crippen LogP contribution in [0.15, 0.2) is 60.7 Å². The molecule has 0 saturated heterocycles. The van der Waals surface area contributed by atoms with Gasteiger partial charge in [-0.05, 0) is 49.4 Å². The predicted octanol–water partition coefficient (Wildman–Crippen LogP) is 9.19. The summed E-state index contributed by atoms with van der Waals surface area (Å²) in [5.41, 5.74) is 10.6. The number of hydrogen-bond acceptors (Lipinski definition) is 2. The van der Waals surface area contributed by atoms with E-state index in [2.05, 4.69) is 112 Å². The molecule has 2 aromatic heterocycles. The SMILES string of the molecule is CC(C)[C@@H]1CC[C@@H](C)c2c(-c3ccccc3)nn(Cn3nc(-c4ccccc4)c4c3[C@@H](C(C)C)CC[C@H]4C)c21. The van der Waals surface area contributed by atoms with Gasteiger partial charge in [-0.1, -0.05) is 102 Å². The quantitative estimate of drug-likeness (QED) is 0.254. The lowest BCUT2D eigenvalue weighted by atomic mass is 9.75. The highest BCUT2D eigenvalue weighted by molar-refractivity contribution is 5.67. The molecule has 2 aromatic carbocycles. The summed E-state index contributed by atoms with van der Waals surface area (Å²) < 4.78 is 4.69. The van der Waals surface area contributed by atoms with Crippen molar-refractivity contribution >= 4 is 0 Å². The fourth-order valence-electron chi connectivity index (χ4n) is 7.41. The van der Waals surface area contributed by atoms with Crippen molar-refractivity contribution in [2.75, 3.05) is 0 Å². The number of aromatic nitrogens is 4. The number of hydrogen-bond donors (Lipinski definition) is 0. The zero-order valence-electron chi connectivity index (χ0n) is 24.6. The van der Waals surface area contributed by atoms with Gasteiger partial charge in [-0.15, -0.1) is 0 Å². The molecule has 0 unspecified atom stereocenters. The van der Waals surface area contributed by atoms with Crippen molar-refractivity contribution in [2.24, 2.45) is 11.8 Å². The average molecular weight is 521 g/mol. The van der Waals surface area contributed by atoms with Crippen molar-refractivity contribution in [3.8, 4) is 22.5 Å². The Kier molecular flexibility index (Phi) is 6.99. The van der Waals surface area contributed by atoms with Gasteiger partial charge in [0.05, 0.1) is 11.4 Å². The molecular weight excluding hydrogens is 476 g/mol. The van der Waals surface area contributed by atoms with E-state index in [-0.39, 0.29) is 0 Å². The standard InChI is InChI=1S/C35H44N4/c1-22(2)28-19-17-24(5)30-32(26-13-9-7-10-14-26)36-38(34(28)30)21-39-35-29(23(3)4)20-18-25(6)31(35)33(37-39)27-15-11-8-12-16-27/h7-16,22-25,28-29H,17-21H2,1-6H3/t24-,25-,28-,29+/m1/s1. The van der Waals surface area contributed by atoms with Crippen molar-refractivity contribution in [3.63, 3.8) is 0 Å². The minimum atomic E-state index is 0.508. The Balaban J connectivity index is 1.55. The minimum Gasteiger partial charge on any atom is -0.247 e. The first-order valence-electron chi connectivity index (χ1n) is 15.2. The van der Waals surface area contributed by atoms with Crippen molar-refractivity contribution in [3.05, 3.63) is 83.2 Å². The molecule has 0 saturated carbocycles.